The van der Waals surface area contributed by atoms with Crippen LogP contribution in [0.3, 0.4) is 0 Å². The second kappa shape index (κ2) is 9.52. The summed E-state index contributed by atoms with van der Waals surface area (Å²) in [6.07, 6.45) is 1.73. The predicted molar refractivity (Wildman–Crippen MR) is 89.5 cm³/mol. The van der Waals surface area contributed by atoms with Crippen molar-refractivity contribution in [1.82, 2.24) is 5.32 Å². The number of nitrogens with one attached hydrogen (secondary N) is 1. The summed E-state index contributed by atoms with van der Waals surface area (Å²) in [5, 5.41) is 14.2. The smallest absolute Gasteiger partial charge is 0.121 e. The van der Waals surface area contributed by atoms with Crippen LogP contribution in [0.15, 0.2) is 18.2 Å². The fourth-order valence-corrected chi connectivity index (χ4v) is 2.30. The molecule has 0 saturated carbocycles. The zero-order valence-corrected chi connectivity index (χ0v) is 14.4. The normalized spacial score (nSPS) is 15.5. The Labute approximate surface area is 137 Å². The van der Waals surface area contributed by atoms with Gasteiger partial charge in [-0.1, -0.05) is 43.5 Å². The Morgan fingerprint density at radius 2 is 1.95 bits per heavy atom. The lowest BCUT2D eigenvalue weighted by Gasteiger charge is -2.20. The van der Waals surface area contributed by atoms with Crippen molar-refractivity contribution in [2.24, 2.45) is 5.92 Å². The maximum Gasteiger partial charge on any atom is 0.121 e. The number of halogens is 2. The molecule has 1 aromatic carbocycles. The quantitative estimate of drug-likeness (QED) is 0.713. The summed E-state index contributed by atoms with van der Waals surface area (Å²) in [6, 6.07) is 5.45. The maximum atomic E-state index is 9.93. The molecule has 0 aliphatic heterocycles. The minimum Gasteiger partial charge on any atom is -0.491 e. The fourth-order valence-electron chi connectivity index (χ4n) is 2.01. The third kappa shape index (κ3) is 7.37. The van der Waals surface area contributed by atoms with E-state index in [0.29, 0.717) is 34.3 Å². The number of hydrogen-bond acceptors (Lipinski definition) is 3. The molecule has 1 rings (SSSR count). The van der Waals surface area contributed by atoms with Crippen molar-refractivity contribution < 1.29 is 9.84 Å². The van der Waals surface area contributed by atoms with Gasteiger partial charge in [-0.2, -0.15) is 0 Å². The van der Waals surface area contributed by atoms with Gasteiger partial charge in [-0.15, -0.1) is 0 Å². The van der Waals surface area contributed by atoms with Gasteiger partial charge in [0.25, 0.3) is 0 Å². The van der Waals surface area contributed by atoms with Crippen LogP contribution >= 0.6 is 23.2 Å². The summed E-state index contributed by atoms with van der Waals surface area (Å²) >= 11 is 11.7. The van der Waals surface area contributed by atoms with Gasteiger partial charge < -0.3 is 15.2 Å². The summed E-state index contributed by atoms with van der Waals surface area (Å²) in [7, 11) is 0. The van der Waals surface area contributed by atoms with Crippen LogP contribution in [0, 0.1) is 5.92 Å². The third-order valence-electron chi connectivity index (χ3n) is 3.49. The third-order valence-corrected chi connectivity index (χ3v) is 4.23. The molecule has 3 nitrogen and oxygen atoms in total. The molecule has 5 heteroatoms. The topological polar surface area (TPSA) is 41.5 Å². The van der Waals surface area contributed by atoms with Crippen molar-refractivity contribution in [3.63, 3.8) is 0 Å². The lowest BCUT2D eigenvalue weighted by Crippen LogP contribution is -2.37. The molecule has 0 saturated heterocycles. The van der Waals surface area contributed by atoms with E-state index in [1.165, 1.54) is 6.42 Å². The average molecular weight is 334 g/mol. The van der Waals surface area contributed by atoms with Gasteiger partial charge in [-0.3, -0.25) is 0 Å². The molecule has 2 N–H and O–H groups in total. The Hall–Kier alpha value is -0.480. The SMILES string of the molecule is CCC(C)CC(C)NCC(O)COc1ccc(Cl)c(Cl)c1. The second-order valence-electron chi connectivity index (χ2n) is 5.60. The number of aliphatic hydroxyl groups excluding tert-OH is 1. The first-order valence-electron chi connectivity index (χ1n) is 7.41. The molecule has 0 aliphatic carbocycles. The Bertz CT molecular complexity index is 429. The first kappa shape index (κ1) is 18.6. The van der Waals surface area contributed by atoms with Crippen LogP contribution in [0.1, 0.15) is 33.6 Å². The van der Waals surface area contributed by atoms with Crippen molar-refractivity contribution in [3.05, 3.63) is 28.2 Å². The van der Waals surface area contributed by atoms with Crippen molar-refractivity contribution in [3.8, 4) is 5.75 Å². The Morgan fingerprint density at radius 1 is 1.24 bits per heavy atom. The van der Waals surface area contributed by atoms with Gasteiger partial charge in [0.1, 0.15) is 18.5 Å². The molecule has 0 spiro atoms. The first-order chi connectivity index (χ1) is 9.92. The summed E-state index contributed by atoms with van der Waals surface area (Å²) in [5.41, 5.74) is 0. The highest BCUT2D eigenvalue weighted by molar-refractivity contribution is 6.42. The second-order valence-corrected chi connectivity index (χ2v) is 6.41. The van der Waals surface area contributed by atoms with E-state index >= 15 is 0 Å². The van der Waals surface area contributed by atoms with Crippen molar-refractivity contribution in [1.29, 1.82) is 0 Å². The molecular formula is C16H25Cl2NO2. The Kier molecular flexibility index (Phi) is 8.42. The molecule has 21 heavy (non-hydrogen) atoms. The summed E-state index contributed by atoms with van der Waals surface area (Å²) < 4.78 is 5.51. The molecule has 0 fully saturated rings. The minimum atomic E-state index is -0.557. The monoisotopic (exact) mass is 333 g/mol. The van der Waals surface area contributed by atoms with E-state index < -0.39 is 6.10 Å². The molecule has 0 aromatic heterocycles. The lowest BCUT2D eigenvalue weighted by atomic mass is 10.0. The van der Waals surface area contributed by atoms with E-state index in [1.54, 1.807) is 18.2 Å². The van der Waals surface area contributed by atoms with Crippen LogP contribution in [0.5, 0.6) is 5.75 Å². The van der Waals surface area contributed by atoms with E-state index in [1.807, 2.05) is 0 Å². The summed E-state index contributed by atoms with van der Waals surface area (Å²) in [4.78, 5) is 0. The first-order valence-corrected chi connectivity index (χ1v) is 8.17. The number of benzene rings is 1. The fraction of sp³-hybridized carbons (Fsp3) is 0.625. The zero-order chi connectivity index (χ0) is 15.8. The van der Waals surface area contributed by atoms with E-state index in [2.05, 4.69) is 26.1 Å². The molecule has 0 aliphatic rings. The van der Waals surface area contributed by atoms with Gasteiger partial charge in [-0.05, 0) is 31.4 Å². The van der Waals surface area contributed by atoms with Crippen LogP contribution < -0.4 is 10.1 Å². The number of ether oxygens (including phenoxy) is 1. The highest BCUT2D eigenvalue weighted by Gasteiger charge is 2.10. The summed E-state index contributed by atoms with van der Waals surface area (Å²) in [5.74, 6) is 1.30. The highest BCUT2D eigenvalue weighted by atomic mass is 35.5. The molecule has 3 atom stereocenters. The van der Waals surface area contributed by atoms with Gasteiger partial charge in [0, 0.05) is 18.7 Å². The van der Waals surface area contributed by atoms with Crippen LogP contribution in [0.25, 0.3) is 0 Å². The van der Waals surface area contributed by atoms with E-state index in [9.17, 15) is 5.11 Å². The van der Waals surface area contributed by atoms with Crippen molar-refractivity contribution in [2.45, 2.75) is 45.8 Å². The van der Waals surface area contributed by atoms with E-state index in [-0.39, 0.29) is 6.61 Å². The van der Waals surface area contributed by atoms with Gasteiger partial charge in [-0.25, -0.2) is 0 Å². The van der Waals surface area contributed by atoms with E-state index in [0.717, 1.165) is 6.42 Å². The lowest BCUT2D eigenvalue weighted by molar-refractivity contribution is 0.103. The van der Waals surface area contributed by atoms with Gasteiger partial charge in [0.05, 0.1) is 10.0 Å². The molecule has 0 radical (unpaired) electrons. The predicted octanol–water partition coefficient (Wildman–Crippen LogP) is 4.15. The molecule has 0 amide bonds. The van der Waals surface area contributed by atoms with Crippen LogP contribution in [0.4, 0.5) is 0 Å². The Balaban J connectivity index is 2.27. The van der Waals surface area contributed by atoms with Crippen LogP contribution in [0.2, 0.25) is 10.0 Å². The molecule has 0 bridgehead atoms. The largest absolute Gasteiger partial charge is 0.491 e. The minimum absolute atomic E-state index is 0.223. The van der Waals surface area contributed by atoms with E-state index in [4.69, 9.17) is 27.9 Å². The van der Waals surface area contributed by atoms with Gasteiger partial charge >= 0.3 is 0 Å². The van der Waals surface area contributed by atoms with Crippen LogP contribution in [-0.4, -0.2) is 30.4 Å². The number of hydrogen-bond donors (Lipinski definition) is 2. The standard InChI is InChI=1S/C16H25Cl2NO2/c1-4-11(2)7-12(3)19-9-13(20)10-21-14-5-6-15(17)16(18)8-14/h5-6,8,11-13,19-20H,4,7,9-10H2,1-3H3. The molecule has 1 aromatic rings. The van der Waals surface area contributed by atoms with Crippen LogP contribution in [-0.2, 0) is 0 Å². The number of aliphatic hydroxyl groups is 1. The van der Waals surface area contributed by atoms with Gasteiger partial charge in [0.15, 0.2) is 0 Å². The molecular weight excluding hydrogens is 309 g/mol. The molecule has 120 valence electrons. The zero-order valence-electron chi connectivity index (χ0n) is 12.9. The number of rotatable bonds is 9. The molecule has 0 heterocycles. The highest BCUT2D eigenvalue weighted by Crippen LogP contribution is 2.26. The van der Waals surface area contributed by atoms with Crippen molar-refractivity contribution >= 4 is 23.2 Å². The Morgan fingerprint density at radius 3 is 2.57 bits per heavy atom. The van der Waals surface area contributed by atoms with Gasteiger partial charge in [0.2, 0.25) is 0 Å². The molecule has 3 unspecified atom stereocenters. The average Bonchev–Trinajstić information content (AvgIpc) is 2.46. The van der Waals surface area contributed by atoms with Crippen molar-refractivity contribution in [2.75, 3.05) is 13.2 Å². The summed E-state index contributed by atoms with van der Waals surface area (Å²) in [6.45, 7) is 7.30. The maximum absolute atomic E-state index is 9.93.